The van der Waals surface area contributed by atoms with Crippen molar-refractivity contribution in [3.8, 4) is 0 Å². The highest BCUT2D eigenvalue weighted by molar-refractivity contribution is 5.95. The molecule has 3 amide bonds. The molecular formula is C54H97N3O8. The van der Waals surface area contributed by atoms with E-state index >= 15 is 0 Å². The fourth-order valence-electron chi connectivity index (χ4n) is 9.22. The smallest absolute Gasteiger partial charge is 0.417 e. The average Bonchev–Trinajstić information content (AvgIpc) is 3.30. The van der Waals surface area contributed by atoms with Gasteiger partial charge < -0.3 is 35.4 Å². The Kier molecular flexibility index (Phi) is 33.7. The Hall–Kier alpha value is -2.57. The number of unbranched alkanes of at least 4 members (excludes halogenated alkanes) is 27. The van der Waals surface area contributed by atoms with Gasteiger partial charge in [0, 0.05) is 13.0 Å². The van der Waals surface area contributed by atoms with Crippen molar-refractivity contribution < 1.29 is 39.2 Å². The number of nitrogens with two attached hydrogens (primary N) is 1. The molecule has 1 aliphatic heterocycles. The van der Waals surface area contributed by atoms with Crippen LogP contribution in [0.15, 0.2) is 30.3 Å². The summed E-state index contributed by atoms with van der Waals surface area (Å²) in [6, 6.07) is 6.36. The van der Waals surface area contributed by atoms with Gasteiger partial charge in [0.15, 0.2) is 6.23 Å². The van der Waals surface area contributed by atoms with Crippen LogP contribution in [0.3, 0.4) is 0 Å². The number of aliphatic hydroxyl groups is 3. The molecule has 0 radical (unpaired) electrons. The molecule has 1 heterocycles. The maximum absolute atomic E-state index is 14.4. The van der Waals surface area contributed by atoms with Crippen molar-refractivity contribution in [2.45, 2.75) is 270 Å². The van der Waals surface area contributed by atoms with Crippen molar-refractivity contribution in [3.05, 3.63) is 35.9 Å². The lowest BCUT2D eigenvalue weighted by atomic mass is 9.92. The van der Waals surface area contributed by atoms with Crippen LogP contribution in [0, 0.1) is 5.92 Å². The molecule has 65 heavy (non-hydrogen) atoms. The van der Waals surface area contributed by atoms with Crippen LogP contribution in [-0.4, -0.2) is 92.8 Å². The third-order valence-corrected chi connectivity index (χ3v) is 13.2. The first-order chi connectivity index (χ1) is 31.6. The van der Waals surface area contributed by atoms with Crippen molar-refractivity contribution in [3.63, 3.8) is 0 Å². The highest BCUT2D eigenvalue weighted by Gasteiger charge is 2.53. The number of rotatable bonds is 39. The Morgan fingerprint density at radius 3 is 1.51 bits per heavy atom. The molecule has 0 bridgehead atoms. The number of benzene rings is 1. The monoisotopic (exact) mass is 916 g/mol. The summed E-state index contributed by atoms with van der Waals surface area (Å²) in [5.74, 6) is -1.01. The SMILES string of the molecule is CCCCCCCCCCCCCCCCCC(=O)N(CCCCCCCCCCCCCCCC)[C@@H]1O[C@H](CO)[C@@H](O)[C@H](O)[C@H]1N(C(=O)OCc1ccccc1)C(=O)[C@@H](N)CC(C)C. The summed E-state index contributed by atoms with van der Waals surface area (Å²) in [7, 11) is 0. The van der Waals surface area contributed by atoms with Gasteiger partial charge in [0.1, 0.15) is 31.0 Å². The number of aliphatic hydroxyl groups excluding tert-OH is 3. The molecule has 1 aromatic carbocycles. The number of nitrogens with zero attached hydrogens (tertiary/aromatic N) is 2. The molecule has 0 unspecified atom stereocenters. The average molecular weight is 916 g/mol. The second-order valence-corrected chi connectivity index (χ2v) is 19.6. The van der Waals surface area contributed by atoms with E-state index in [1.54, 1.807) is 12.1 Å². The molecule has 6 atom stereocenters. The van der Waals surface area contributed by atoms with Crippen LogP contribution in [0.2, 0.25) is 0 Å². The van der Waals surface area contributed by atoms with Gasteiger partial charge in [-0.25, -0.2) is 9.69 Å². The predicted molar refractivity (Wildman–Crippen MR) is 264 cm³/mol. The van der Waals surface area contributed by atoms with Crippen molar-refractivity contribution >= 4 is 17.9 Å². The Morgan fingerprint density at radius 1 is 0.646 bits per heavy atom. The van der Waals surface area contributed by atoms with Crippen molar-refractivity contribution in [2.24, 2.45) is 11.7 Å². The van der Waals surface area contributed by atoms with Crippen LogP contribution in [0.25, 0.3) is 0 Å². The number of hydrogen-bond acceptors (Lipinski definition) is 9. The normalized spacial score (nSPS) is 19.1. The van der Waals surface area contributed by atoms with E-state index in [1.807, 2.05) is 32.0 Å². The van der Waals surface area contributed by atoms with Gasteiger partial charge in [0.2, 0.25) is 11.8 Å². The summed E-state index contributed by atoms with van der Waals surface area (Å²) < 4.78 is 12.0. The lowest BCUT2D eigenvalue weighted by Gasteiger charge is -2.49. The quantitative estimate of drug-likeness (QED) is 0.0471. The molecule has 1 aliphatic rings. The van der Waals surface area contributed by atoms with E-state index in [2.05, 4.69) is 13.8 Å². The Bertz CT molecular complexity index is 1330. The number of carbonyl (C=O) groups excluding carboxylic acids is 3. The first-order valence-electron chi connectivity index (χ1n) is 26.8. The molecule has 0 spiro atoms. The first kappa shape index (κ1) is 58.6. The van der Waals surface area contributed by atoms with Crippen molar-refractivity contribution in [1.29, 1.82) is 0 Å². The molecule has 1 fully saturated rings. The molecule has 0 aliphatic carbocycles. The first-order valence-corrected chi connectivity index (χ1v) is 26.8. The molecule has 11 nitrogen and oxygen atoms in total. The van der Waals surface area contributed by atoms with Gasteiger partial charge in [0.05, 0.1) is 12.6 Å². The van der Waals surface area contributed by atoms with E-state index in [4.69, 9.17) is 15.2 Å². The Labute approximate surface area is 396 Å². The van der Waals surface area contributed by atoms with E-state index in [1.165, 1.54) is 140 Å². The van der Waals surface area contributed by atoms with E-state index in [0.29, 0.717) is 18.4 Å². The number of ether oxygens (including phenoxy) is 2. The minimum Gasteiger partial charge on any atom is -0.444 e. The second-order valence-electron chi connectivity index (χ2n) is 19.6. The van der Waals surface area contributed by atoms with Gasteiger partial charge in [0.25, 0.3) is 0 Å². The number of carbonyl (C=O) groups is 3. The second kappa shape index (κ2) is 37.4. The van der Waals surface area contributed by atoms with Gasteiger partial charge in [-0.15, -0.1) is 0 Å². The van der Waals surface area contributed by atoms with E-state index in [9.17, 15) is 29.7 Å². The number of hydrogen-bond donors (Lipinski definition) is 4. The van der Waals surface area contributed by atoms with Gasteiger partial charge in [-0.2, -0.15) is 0 Å². The lowest BCUT2D eigenvalue weighted by Crippen LogP contribution is -2.71. The van der Waals surface area contributed by atoms with Crippen LogP contribution >= 0.6 is 0 Å². The molecule has 11 heteroatoms. The summed E-state index contributed by atoms with van der Waals surface area (Å²) >= 11 is 0. The van der Waals surface area contributed by atoms with Crippen LogP contribution in [0.5, 0.6) is 0 Å². The zero-order valence-corrected chi connectivity index (χ0v) is 41.8. The maximum Gasteiger partial charge on any atom is 0.417 e. The van der Waals surface area contributed by atoms with E-state index in [-0.39, 0.29) is 37.8 Å². The Morgan fingerprint density at radius 2 is 1.08 bits per heavy atom. The zero-order chi connectivity index (χ0) is 47.5. The summed E-state index contributed by atoms with van der Waals surface area (Å²) in [6.45, 7) is 7.81. The fourth-order valence-corrected chi connectivity index (χ4v) is 9.22. The summed E-state index contributed by atoms with van der Waals surface area (Å²) in [5.41, 5.74) is 7.14. The van der Waals surface area contributed by atoms with Crippen molar-refractivity contribution in [1.82, 2.24) is 9.80 Å². The number of imide groups is 1. The summed E-state index contributed by atoms with van der Waals surface area (Å²) in [4.78, 5) is 45.2. The van der Waals surface area contributed by atoms with Gasteiger partial charge >= 0.3 is 6.09 Å². The van der Waals surface area contributed by atoms with E-state index in [0.717, 1.165) is 43.4 Å². The van der Waals surface area contributed by atoms with Crippen LogP contribution in [0.1, 0.15) is 232 Å². The molecule has 1 saturated heterocycles. The minimum absolute atomic E-state index is 0.0112. The maximum atomic E-state index is 14.4. The zero-order valence-electron chi connectivity index (χ0n) is 41.8. The van der Waals surface area contributed by atoms with Gasteiger partial charge in [-0.05, 0) is 30.7 Å². The lowest BCUT2D eigenvalue weighted by molar-refractivity contribution is -0.245. The van der Waals surface area contributed by atoms with Crippen LogP contribution < -0.4 is 5.73 Å². The van der Waals surface area contributed by atoms with Crippen molar-refractivity contribution in [2.75, 3.05) is 13.2 Å². The molecule has 2 rings (SSSR count). The molecule has 0 aromatic heterocycles. The van der Waals surface area contributed by atoms with Crippen LogP contribution in [-0.2, 0) is 25.7 Å². The summed E-state index contributed by atoms with van der Waals surface area (Å²) in [5, 5.41) is 33.4. The molecule has 5 N–H and O–H groups in total. The standard InChI is InChI=1S/C54H97N3O8/c1-5-7-9-11-13-15-17-19-21-22-24-26-28-30-35-39-48(59)56(40-36-31-29-27-25-23-20-18-16-14-12-10-8-6-2)53-49(51(61)50(60)47(42-58)65-53)57(52(62)46(55)41-44(3)4)54(63)64-43-45-37-33-32-34-38-45/h32-34,37-38,44,46-47,49-51,53,58,60-61H,5-31,35-36,39-43,55H2,1-4H3/t46-,47+,49+,50+,51+,53+/m0/s1. The third-order valence-electron chi connectivity index (χ3n) is 13.2. The molecule has 376 valence electrons. The summed E-state index contributed by atoms with van der Waals surface area (Å²) in [6.07, 6.45) is 28.1. The molecule has 1 aromatic rings. The van der Waals surface area contributed by atoms with Crippen LogP contribution in [0.4, 0.5) is 4.79 Å². The minimum atomic E-state index is -1.76. The predicted octanol–water partition coefficient (Wildman–Crippen LogP) is 11.9. The highest BCUT2D eigenvalue weighted by atomic mass is 16.6. The Balaban J connectivity index is 2.17. The van der Waals surface area contributed by atoms with Gasteiger partial charge in [-0.3, -0.25) is 9.59 Å². The fraction of sp³-hybridized carbons (Fsp3) is 0.833. The van der Waals surface area contributed by atoms with Gasteiger partial charge in [-0.1, -0.05) is 231 Å². The molecular weight excluding hydrogens is 819 g/mol. The van der Waals surface area contributed by atoms with E-state index < -0.39 is 55.2 Å². The topological polar surface area (TPSA) is 163 Å². The largest absolute Gasteiger partial charge is 0.444 e. The third kappa shape index (κ3) is 24.9. The number of amides is 3. The molecule has 0 saturated carbocycles. The highest BCUT2D eigenvalue weighted by Crippen LogP contribution is 2.31.